The summed E-state index contributed by atoms with van der Waals surface area (Å²) in [5.41, 5.74) is 5.21. The third kappa shape index (κ3) is 3.33. The largest absolute Gasteiger partial charge is 0.493 e. The molecule has 3 heterocycles. The van der Waals surface area contributed by atoms with Crippen molar-refractivity contribution in [2.45, 2.75) is 12.8 Å². The number of fused-ring (bicyclic) bond motifs is 2. The van der Waals surface area contributed by atoms with Crippen LogP contribution in [0, 0.1) is 0 Å². The second-order valence-electron chi connectivity index (χ2n) is 7.15. The summed E-state index contributed by atoms with van der Waals surface area (Å²) in [6.07, 6.45) is 4.76. The van der Waals surface area contributed by atoms with Crippen LogP contribution in [0.15, 0.2) is 60.9 Å². The van der Waals surface area contributed by atoms with Crippen LogP contribution in [0.4, 0.5) is 11.4 Å². The van der Waals surface area contributed by atoms with Crippen molar-refractivity contribution in [2.24, 2.45) is 0 Å². The summed E-state index contributed by atoms with van der Waals surface area (Å²) in [4.78, 5) is 15.0. The molecule has 2 aromatic heterocycles. The Bertz CT molecular complexity index is 1190. The summed E-state index contributed by atoms with van der Waals surface area (Å²) >= 11 is 0. The molecule has 6 heteroatoms. The maximum atomic E-state index is 10.1. The van der Waals surface area contributed by atoms with Crippen molar-refractivity contribution < 1.29 is 9.84 Å². The number of hydrogen-bond acceptors (Lipinski definition) is 6. The highest BCUT2D eigenvalue weighted by molar-refractivity contribution is 5.82. The van der Waals surface area contributed by atoms with Gasteiger partial charge < -0.3 is 14.7 Å². The standard InChI is InChI=1S/C23H20N4O2/c1-27(18-6-7-21-16(13-18)9-11-29-21)17-4-2-15(3-5-17)12-22-25-20-14-24-10-8-19(20)23(28)26-22/h2-8,10,13-14H,9,11-12H2,1H3,(H,25,26,28). The Morgan fingerprint density at radius 1 is 1.03 bits per heavy atom. The number of pyridine rings is 1. The number of anilines is 2. The molecule has 5 rings (SSSR count). The number of aromatic hydroxyl groups is 1. The second-order valence-corrected chi connectivity index (χ2v) is 7.15. The van der Waals surface area contributed by atoms with E-state index in [4.69, 9.17) is 4.74 Å². The first kappa shape index (κ1) is 17.4. The van der Waals surface area contributed by atoms with Gasteiger partial charge in [-0.25, -0.2) is 4.98 Å². The zero-order valence-corrected chi connectivity index (χ0v) is 16.0. The minimum atomic E-state index is -0.00987. The SMILES string of the molecule is CN(c1ccc(Cc2nc(O)c3ccncc3n2)cc1)c1ccc2c(c1)CCO2. The maximum absolute atomic E-state index is 10.1. The molecular weight excluding hydrogens is 364 g/mol. The third-order valence-electron chi connectivity index (χ3n) is 5.27. The quantitative estimate of drug-likeness (QED) is 0.573. The molecule has 2 aromatic carbocycles. The van der Waals surface area contributed by atoms with E-state index in [0.717, 1.165) is 35.7 Å². The molecule has 0 unspecified atom stereocenters. The normalized spacial score (nSPS) is 12.6. The highest BCUT2D eigenvalue weighted by Gasteiger charge is 2.14. The van der Waals surface area contributed by atoms with E-state index in [9.17, 15) is 5.11 Å². The van der Waals surface area contributed by atoms with Gasteiger partial charge in [-0.1, -0.05) is 12.1 Å². The Labute approximate surface area is 168 Å². The van der Waals surface area contributed by atoms with Gasteiger partial charge in [-0.3, -0.25) is 4.98 Å². The number of aromatic nitrogens is 3. The average molecular weight is 384 g/mol. The van der Waals surface area contributed by atoms with Crippen LogP contribution in [-0.2, 0) is 12.8 Å². The molecule has 0 atom stereocenters. The predicted molar refractivity (Wildman–Crippen MR) is 112 cm³/mol. The Hall–Kier alpha value is -3.67. The van der Waals surface area contributed by atoms with Crippen molar-refractivity contribution in [1.82, 2.24) is 15.0 Å². The molecule has 1 aliphatic heterocycles. The molecule has 6 nitrogen and oxygen atoms in total. The number of ether oxygens (including phenoxy) is 1. The van der Waals surface area contributed by atoms with Gasteiger partial charge in [0, 0.05) is 37.5 Å². The monoisotopic (exact) mass is 384 g/mol. The van der Waals surface area contributed by atoms with Crippen LogP contribution in [0.25, 0.3) is 10.9 Å². The molecule has 0 saturated heterocycles. The van der Waals surface area contributed by atoms with Gasteiger partial charge in [0.1, 0.15) is 11.6 Å². The van der Waals surface area contributed by atoms with Gasteiger partial charge in [0.05, 0.1) is 23.7 Å². The Kier molecular flexibility index (Phi) is 4.24. The lowest BCUT2D eigenvalue weighted by Crippen LogP contribution is -2.09. The molecule has 0 bridgehead atoms. The Morgan fingerprint density at radius 3 is 2.72 bits per heavy atom. The number of rotatable bonds is 4. The Morgan fingerprint density at radius 2 is 1.86 bits per heavy atom. The predicted octanol–water partition coefficient (Wildman–Crippen LogP) is 4.02. The smallest absolute Gasteiger partial charge is 0.222 e. The molecule has 0 radical (unpaired) electrons. The van der Waals surface area contributed by atoms with Crippen molar-refractivity contribution in [3.63, 3.8) is 0 Å². The van der Waals surface area contributed by atoms with Gasteiger partial charge in [-0.15, -0.1) is 0 Å². The summed E-state index contributed by atoms with van der Waals surface area (Å²) in [5.74, 6) is 1.55. The number of hydrogen-bond donors (Lipinski definition) is 1. The van der Waals surface area contributed by atoms with Crippen LogP contribution >= 0.6 is 0 Å². The van der Waals surface area contributed by atoms with Crippen molar-refractivity contribution in [3.05, 3.63) is 77.9 Å². The summed E-state index contributed by atoms with van der Waals surface area (Å²) < 4.78 is 5.59. The lowest BCUT2D eigenvalue weighted by Gasteiger charge is -2.20. The molecular formula is C23H20N4O2. The molecule has 29 heavy (non-hydrogen) atoms. The summed E-state index contributed by atoms with van der Waals surface area (Å²) in [7, 11) is 2.06. The molecule has 0 aliphatic carbocycles. The minimum Gasteiger partial charge on any atom is -0.493 e. The van der Waals surface area contributed by atoms with E-state index in [-0.39, 0.29) is 5.88 Å². The van der Waals surface area contributed by atoms with Crippen molar-refractivity contribution in [2.75, 3.05) is 18.6 Å². The Balaban J connectivity index is 1.36. The number of nitrogens with zero attached hydrogens (tertiary/aromatic N) is 4. The molecule has 0 amide bonds. The van der Waals surface area contributed by atoms with Gasteiger partial charge in [0.15, 0.2) is 0 Å². The van der Waals surface area contributed by atoms with Crippen molar-refractivity contribution in [3.8, 4) is 11.6 Å². The first-order valence-electron chi connectivity index (χ1n) is 9.55. The average Bonchev–Trinajstić information content (AvgIpc) is 3.22. The lowest BCUT2D eigenvalue weighted by atomic mass is 10.1. The number of benzene rings is 2. The van der Waals surface area contributed by atoms with Gasteiger partial charge in [0.25, 0.3) is 0 Å². The lowest BCUT2D eigenvalue weighted by molar-refractivity contribution is 0.357. The fourth-order valence-electron chi connectivity index (χ4n) is 3.64. The van der Waals surface area contributed by atoms with Gasteiger partial charge >= 0.3 is 0 Å². The van der Waals surface area contributed by atoms with Gasteiger partial charge in [-0.2, -0.15) is 4.98 Å². The van der Waals surface area contributed by atoms with E-state index in [1.807, 2.05) is 6.07 Å². The van der Waals surface area contributed by atoms with Gasteiger partial charge in [-0.05, 0) is 47.5 Å². The minimum absolute atomic E-state index is 0.00987. The second kappa shape index (κ2) is 7.05. The topological polar surface area (TPSA) is 71.4 Å². The fraction of sp³-hybridized carbons (Fsp3) is 0.174. The van der Waals surface area contributed by atoms with Crippen LogP contribution in [0.5, 0.6) is 11.6 Å². The van der Waals surface area contributed by atoms with E-state index in [1.165, 1.54) is 5.56 Å². The summed E-state index contributed by atoms with van der Waals surface area (Å²) in [6.45, 7) is 0.764. The van der Waals surface area contributed by atoms with E-state index in [2.05, 4.69) is 63.3 Å². The molecule has 1 aliphatic rings. The third-order valence-corrected chi connectivity index (χ3v) is 5.27. The maximum Gasteiger partial charge on any atom is 0.222 e. The van der Waals surface area contributed by atoms with Crippen LogP contribution in [-0.4, -0.2) is 33.7 Å². The van der Waals surface area contributed by atoms with Crippen molar-refractivity contribution >= 4 is 22.3 Å². The summed E-state index contributed by atoms with van der Waals surface area (Å²) in [6, 6.07) is 16.3. The van der Waals surface area contributed by atoms with Crippen LogP contribution in [0.1, 0.15) is 17.0 Å². The highest BCUT2D eigenvalue weighted by atomic mass is 16.5. The van der Waals surface area contributed by atoms with E-state index >= 15 is 0 Å². The van der Waals surface area contributed by atoms with Crippen molar-refractivity contribution in [1.29, 1.82) is 0 Å². The first-order valence-corrected chi connectivity index (χ1v) is 9.55. The van der Waals surface area contributed by atoms with Crippen LogP contribution in [0.3, 0.4) is 0 Å². The highest BCUT2D eigenvalue weighted by Crippen LogP contribution is 2.32. The molecule has 1 N–H and O–H groups in total. The van der Waals surface area contributed by atoms with Crippen LogP contribution < -0.4 is 9.64 Å². The zero-order chi connectivity index (χ0) is 19.8. The molecule has 0 fully saturated rings. The first-order chi connectivity index (χ1) is 14.2. The molecule has 144 valence electrons. The van der Waals surface area contributed by atoms with E-state index < -0.39 is 0 Å². The van der Waals surface area contributed by atoms with E-state index in [1.54, 1.807) is 18.5 Å². The molecule has 4 aromatic rings. The summed E-state index contributed by atoms with van der Waals surface area (Å²) in [5, 5.41) is 10.8. The fourth-order valence-corrected chi connectivity index (χ4v) is 3.64. The van der Waals surface area contributed by atoms with Crippen LogP contribution in [0.2, 0.25) is 0 Å². The zero-order valence-electron chi connectivity index (χ0n) is 16.0. The molecule has 0 saturated carbocycles. The molecule has 0 spiro atoms. The van der Waals surface area contributed by atoms with E-state index in [0.29, 0.717) is 23.1 Å². The van der Waals surface area contributed by atoms with Gasteiger partial charge in [0.2, 0.25) is 5.88 Å².